The van der Waals surface area contributed by atoms with E-state index in [0.717, 1.165) is 24.1 Å². The van der Waals surface area contributed by atoms with Gasteiger partial charge in [0, 0.05) is 17.9 Å². The van der Waals surface area contributed by atoms with Gasteiger partial charge < -0.3 is 15.0 Å². The molecule has 0 radical (unpaired) electrons. The molecule has 9 heteroatoms. The maximum atomic E-state index is 12.9. The number of carbonyl (C=O) groups is 1. The van der Waals surface area contributed by atoms with Gasteiger partial charge in [-0.1, -0.05) is 0 Å². The number of fused-ring (bicyclic) bond motifs is 1. The first-order chi connectivity index (χ1) is 13.6. The van der Waals surface area contributed by atoms with Crippen LogP contribution in [0.15, 0.2) is 41.5 Å². The van der Waals surface area contributed by atoms with Crippen LogP contribution in [-0.2, 0) is 19.4 Å². The minimum Gasteiger partial charge on any atom is -0.486 e. The summed E-state index contributed by atoms with van der Waals surface area (Å²) in [7, 11) is 0. The van der Waals surface area contributed by atoms with Gasteiger partial charge in [0.1, 0.15) is 29.6 Å². The number of aromatic nitrogens is 4. The molecule has 1 aromatic carbocycles. The zero-order valence-corrected chi connectivity index (χ0v) is 14.9. The smallest absolute Gasteiger partial charge is 0.263 e. The fourth-order valence-electron chi connectivity index (χ4n) is 3.15. The summed E-state index contributed by atoms with van der Waals surface area (Å²) in [6, 6.07) is 5.45. The van der Waals surface area contributed by atoms with Crippen LogP contribution in [0.2, 0.25) is 0 Å². The third-order valence-electron chi connectivity index (χ3n) is 4.64. The predicted octanol–water partition coefficient (Wildman–Crippen LogP) is 1.50. The molecule has 2 aromatic heterocycles. The van der Waals surface area contributed by atoms with Crippen LogP contribution in [0.3, 0.4) is 0 Å². The Labute approximate surface area is 159 Å². The monoisotopic (exact) mass is 383 g/mol. The highest BCUT2D eigenvalue weighted by Gasteiger charge is 2.23. The molecule has 1 aliphatic carbocycles. The Hall–Kier alpha value is -3.49. The van der Waals surface area contributed by atoms with Crippen LogP contribution in [0.5, 0.6) is 5.75 Å². The number of benzene rings is 1. The van der Waals surface area contributed by atoms with Crippen LogP contribution in [0.1, 0.15) is 33.9 Å². The molecule has 1 aliphatic rings. The van der Waals surface area contributed by atoms with Gasteiger partial charge in [0.05, 0.1) is 6.20 Å². The van der Waals surface area contributed by atoms with E-state index in [1.807, 2.05) is 0 Å². The topological polar surface area (TPSA) is 113 Å². The van der Waals surface area contributed by atoms with Crippen LogP contribution in [0, 0.1) is 5.82 Å². The van der Waals surface area contributed by atoms with Crippen molar-refractivity contribution in [1.29, 1.82) is 0 Å². The van der Waals surface area contributed by atoms with Crippen molar-refractivity contribution in [3.8, 4) is 5.75 Å². The van der Waals surface area contributed by atoms with E-state index < -0.39 is 11.5 Å². The SMILES string of the molecule is O=C(N[C@@H]1CCc2[nH]ncc2C1)c1cnc(COc2ccc(F)cc2)[nH]c1=O. The number of amides is 1. The minimum absolute atomic E-state index is 0.00529. The maximum absolute atomic E-state index is 12.9. The highest BCUT2D eigenvalue weighted by Crippen LogP contribution is 2.19. The highest BCUT2D eigenvalue weighted by molar-refractivity contribution is 5.93. The molecule has 0 fully saturated rings. The van der Waals surface area contributed by atoms with Gasteiger partial charge in [0.25, 0.3) is 11.5 Å². The molecule has 0 unspecified atom stereocenters. The summed E-state index contributed by atoms with van der Waals surface area (Å²) in [5.74, 6) is -0.110. The second-order valence-corrected chi connectivity index (χ2v) is 6.60. The Bertz CT molecular complexity index is 1040. The molecule has 2 heterocycles. The van der Waals surface area contributed by atoms with Crippen molar-refractivity contribution in [2.75, 3.05) is 0 Å². The molecular weight excluding hydrogens is 365 g/mol. The van der Waals surface area contributed by atoms with E-state index in [1.54, 1.807) is 6.20 Å². The van der Waals surface area contributed by atoms with E-state index in [2.05, 4.69) is 25.5 Å². The quantitative estimate of drug-likeness (QED) is 0.618. The first-order valence-electron chi connectivity index (χ1n) is 8.87. The summed E-state index contributed by atoms with van der Waals surface area (Å²) in [5.41, 5.74) is 1.58. The standard InChI is InChI=1S/C19H18FN5O3/c20-12-1-4-14(5-2-12)28-10-17-21-9-15(19(27)24-17)18(26)23-13-3-6-16-11(7-13)8-22-25-16/h1-2,4-5,8-9,13H,3,6-7,10H2,(H,22,25)(H,23,26)(H,21,24,27)/t13-/m1/s1. The van der Waals surface area contributed by atoms with Crippen molar-refractivity contribution in [2.45, 2.75) is 31.9 Å². The summed E-state index contributed by atoms with van der Waals surface area (Å²) < 4.78 is 18.3. The Morgan fingerprint density at radius 1 is 1.29 bits per heavy atom. The largest absolute Gasteiger partial charge is 0.486 e. The summed E-state index contributed by atoms with van der Waals surface area (Å²) in [4.78, 5) is 31.3. The van der Waals surface area contributed by atoms with Crippen LogP contribution < -0.4 is 15.6 Å². The Kier molecular flexibility index (Phi) is 4.88. The number of ether oxygens (including phenoxy) is 1. The van der Waals surface area contributed by atoms with Crippen molar-refractivity contribution in [3.63, 3.8) is 0 Å². The van der Waals surface area contributed by atoms with Gasteiger partial charge in [0.15, 0.2) is 0 Å². The molecule has 0 bridgehead atoms. The summed E-state index contributed by atoms with van der Waals surface area (Å²) >= 11 is 0. The molecule has 0 saturated carbocycles. The molecule has 144 valence electrons. The molecule has 0 spiro atoms. The number of carbonyl (C=O) groups excluding carboxylic acids is 1. The van der Waals surface area contributed by atoms with E-state index in [9.17, 15) is 14.0 Å². The van der Waals surface area contributed by atoms with E-state index in [1.165, 1.54) is 30.5 Å². The van der Waals surface area contributed by atoms with Gasteiger partial charge in [-0.3, -0.25) is 14.7 Å². The average Bonchev–Trinajstić information content (AvgIpc) is 3.15. The van der Waals surface area contributed by atoms with Gasteiger partial charge in [-0.25, -0.2) is 9.37 Å². The second kappa shape index (κ2) is 7.63. The van der Waals surface area contributed by atoms with E-state index in [-0.39, 0.29) is 29.9 Å². The number of hydrogen-bond acceptors (Lipinski definition) is 5. The number of nitrogens with one attached hydrogen (secondary N) is 3. The summed E-state index contributed by atoms with van der Waals surface area (Å²) in [6.07, 6.45) is 5.25. The lowest BCUT2D eigenvalue weighted by molar-refractivity contribution is 0.0931. The van der Waals surface area contributed by atoms with Crippen LogP contribution >= 0.6 is 0 Å². The first-order valence-corrected chi connectivity index (χ1v) is 8.87. The Morgan fingerprint density at radius 2 is 2.11 bits per heavy atom. The molecule has 3 N–H and O–H groups in total. The molecule has 1 amide bonds. The molecule has 0 aliphatic heterocycles. The van der Waals surface area contributed by atoms with Crippen molar-refractivity contribution in [2.24, 2.45) is 0 Å². The van der Waals surface area contributed by atoms with Crippen molar-refractivity contribution in [3.05, 3.63) is 75.5 Å². The number of halogens is 1. The molecule has 28 heavy (non-hydrogen) atoms. The van der Waals surface area contributed by atoms with E-state index in [4.69, 9.17) is 4.74 Å². The zero-order chi connectivity index (χ0) is 19.5. The van der Waals surface area contributed by atoms with Gasteiger partial charge in [-0.05, 0) is 49.1 Å². The molecule has 8 nitrogen and oxygen atoms in total. The maximum Gasteiger partial charge on any atom is 0.263 e. The number of aromatic amines is 2. The number of aryl methyl sites for hydroxylation is 1. The molecule has 0 saturated heterocycles. The predicted molar refractivity (Wildman–Crippen MR) is 97.5 cm³/mol. The molecule has 1 atom stereocenters. The fraction of sp³-hybridized carbons (Fsp3) is 0.263. The Morgan fingerprint density at radius 3 is 2.89 bits per heavy atom. The van der Waals surface area contributed by atoms with E-state index >= 15 is 0 Å². The Balaban J connectivity index is 1.38. The zero-order valence-electron chi connectivity index (χ0n) is 14.9. The van der Waals surface area contributed by atoms with Crippen LogP contribution in [0.25, 0.3) is 0 Å². The third kappa shape index (κ3) is 3.93. The lowest BCUT2D eigenvalue weighted by Gasteiger charge is -2.22. The second-order valence-electron chi connectivity index (χ2n) is 6.60. The minimum atomic E-state index is -0.537. The summed E-state index contributed by atoms with van der Waals surface area (Å²) in [6.45, 7) is -0.00529. The molecular formula is C19H18FN5O3. The van der Waals surface area contributed by atoms with Crippen LogP contribution in [0.4, 0.5) is 4.39 Å². The normalized spacial score (nSPS) is 15.7. The fourth-order valence-corrected chi connectivity index (χ4v) is 3.15. The molecule has 4 rings (SSSR count). The average molecular weight is 383 g/mol. The number of nitrogens with zero attached hydrogens (tertiary/aromatic N) is 2. The van der Waals surface area contributed by atoms with Crippen molar-refractivity contribution < 1.29 is 13.9 Å². The first kappa shape index (κ1) is 17.9. The van der Waals surface area contributed by atoms with Crippen LogP contribution in [-0.4, -0.2) is 32.1 Å². The number of rotatable bonds is 5. The summed E-state index contributed by atoms with van der Waals surface area (Å²) in [5, 5.41) is 9.84. The molecule has 3 aromatic rings. The highest BCUT2D eigenvalue weighted by atomic mass is 19.1. The van der Waals surface area contributed by atoms with E-state index in [0.29, 0.717) is 12.2 Å². The lowest BCUT2D eigenvalue weighted by Crippen LogP contribution is -2.41. The van der Waals surface area contributed by atoms with Crippen molar-refractivity contribution in [1.82, 2.24) is 25.5 Å². The number of hydrogen-bond donors (Lipinski definition) is 3. The van der Waals surface area contributed by atoms with Gasteiger partial charge in [-0.15, -0.1) is 0 Å². The van der Waals surface area contributed by atoms with Gasteiger partial charge in [0.2, 0.25) is 0 Å². The van der Waals surface area contributed by atoms with Crippen molar-refractivity contribution >= 4 is 5.91 Å². The van der Waals surface area contributed by atoms with Gasteiger partial charge >= 0.3 is 0 Å². The number of H-pyrrole nitrogens is 2. The third-order valence-corrected chi connectivity index (χ3v) is 4.64. The lowest BCUT2D eigenvalue weighted by atomic mass is 9.93. The van der Waals surface area contributed by atoms with Gasteiger partial charge in [-0.2, -0.15) is 5.10 Å².